The zero-order chi connectivity index (χ0) is 23.0. The van der Waals surface area contributed by atoms with Gasteiger partial charge in [-0.2, -0.15) is 0 Å². The minimum atomic E-state index is -3.25. The van der Waals surface area contributed by atoms with Gasteiger partial charge in [-0.15, -0.1) is 0 Å². The second-order valence-electron chi connectivity index (χ2n) is 9.30. The van der Waals surface area contributed by atoms with E-state index < -0.39 is 20.2 Å². The number of carbonyl (C=O) groups excluding carboxylic acids is 1. The van der Waals surface area contributed by atoms with Crippen molar-refractivity contribution in [3.63, 3.8) is 0 Å². The summed E-state index contributed by atoms with van der Waals surface area (Å²) in [5, 5.41) is 3.15. The van der Waals surface area contributed by atoms with E-state index in [1.807, 2.05) is 20.8 Å². The van der Waals surface area contributed by atoms with Crippen molar-refractivity contribution in [1.82, 2.24) is 14.9 Å². The maximum atomic E-state index is 12.4. The number of sulfone groups is 1. The van der Waals surface area contributed by atoms with Crippen molar-refractivity contribution in [1.29, 1.82) is 0 Å². The summed E-state index contributed by atoms with van der Waals surface area (Å²) in [4.78, 5) is 23.0. The molecule has 1 aromatic heterocycles. The summed E-state index contributed by atoms with van der Waals surface area (Å²) in [6.45, 7) is 9.83. The average Bonchev–Trinajstić information content (AvgIpc) is 2.65. The van der Waals surface area contributed by atoms with Crippen LogP contribution in [0.25, 0.3) is 0 Å². The molecule has 1 aliphatic rings. The Bertz CT molecular complexity index is 1070. The fraction of sp³-hybridized carbons (Fsp3) is 0.500. The van der Waals surface area contributed by atoms with E-state index in [-0.39, 0.29) is 6.09 Å². The van der Waals surface area contributed by atoms with E-state index in [9.17, 15) is 13.2 Å². The average molecular weight is 447 g/mol. The summed E-state index contributed by atoms with van der Waals surface area (Å²) >= 11 is 0. The summed E-state index contributed by atoms with van der Waals surface area (Å²) < 4.78 is 28.6. The maximum absolute atomic E-state index is 12.4. The molecule has 1 aromatic carbocycles. The number of fused-ring (bicyclic) bond motifs is 1. The normalized spacial score (nSPS) is 14.7. The molecule has 0 atom stereocenters. The Labute approximate surface area is 184 Å². The van der Waals surface area contributed by atoms with E-state index in [1.165, 1.54) is 6.26 Å². The fourth-order valence-corrected chi connectivity index (χ4v) is 3.71. The lowest BCUT2D eigenvalue weighted by atomic mass is 10.0. The first kappa shape index (κ1) is 23.0. The number of nitrogens with one attached hydrogen (secondary N) is 1. The number of hydrogen-bond donors (Lipinski definition) is 1. The molecular formula is C22H30N4O4S. The van der Waals surface area contributed by atoms with Gasteiger partial charge in [0.25, 0.3) is 0 Å². The summed E-state index contributed by atoms with van der Waals surface area (Å²) in [6, 6.07) is 7.17. The highest BCUT2D eigenvalue weighted by atomic mass is 32.2. The van der Waals surface area contributed by atoms with Crippen molar-refractivity contribution in [3.05, 3.63) is 47.3 Å². The van der Waals surface area contributed by atoms with Crippen LogP contribution in [0, 0.1) is 0 Å². The standard InChI is InChI=1S/C22H30N4O4S/c1-21(2,3)30-20(27)26-12-11-15-13-23-19(25-18(15)14-26)24-17-9-7-16(8-10-17)22(4,5)31(6,28)29/h7-10,13H,11-12,14H2,1-6H3,(H,23,24,25). The Hall–Kier alpha value is -2.68. The topological polar surface area (TPSA) is 101 Å². The Morgan fingerprint density at radius 2 is 1.77 bits per heavy atom. The molecule has 0 aliphatic carbocycles. The number of benzene rings is 1. The third-order valence-corrected chi connectivity index (χ3v) is 7.45. The Morgan fingerprint density at radius 1 is 1.13 bits per heavy atom. The van der Waals surface area contributed by atoms with Crippen molar-refractivity contribution in [2.75, 3.05) is 18.1 Å². The molecule has 2 heterocycles. The molecule has 3 rings (SSSR count). The van der Waals surface area contributed by atoms with Gasteiger partial charge in [0.2, 0.25) is 5.95 Å². The van der Waals surface area contributed by atoms with Crippen molar-refractivity contribution >= 4 is 27.6 Å². The summed E-state index contributed by atoms with van der Waals surface area (Å²) in [6.07, 6.45) is 3.33. The zero-order valence-corrected chi connectivity index (χ0v) is 19.7. The lowest BCUT2D eigenvalue weighted by Gasteiger charge is -2.30. The van der Waals surface area contributed by atoms with Crippen molar-refractivity contribution in [2.24, 2.45) is 0 Å². The van der Waals surface area contributed by atoms with Gasteiger partial charge in [-0.05, 0) is 64.3 Å². The molecule has 1 N–H and O–H groups in total. The predicted molar refractivity (Wildman–Crippen MR) is 120 cm³/mol. The van der Waals surface area contributed by atoms with E-state index in [1.54, 1.807) is 49.2 Å². The second kappa shape index (κ2) is 8.11. The Kier molecular flexibility index (Phi) is 6.01. The first-order valence-electron chi connectivity index (χ1n) is 10.2. The van der Waals surface area contributed by atoms with E-state index in [0.29, 0.717) is 31.0 Å². The maximum Gasteiger partial charge on any atom is 0.410 e. The quantitative estimate of drug-likeness (QED) is 0.762. The SMILES string of the molecule is CC(C)(C)OC(=O)N1CCc2cnc(Nc3ccc(C(C)(C)S(C)(=O)=O)cc3)nc2C1. The molecule has 0 unspecified atom stereocenters. The summed E-state index contributed by atoms with van der Waals surface area (Å²) in [5.41, 5.74) is 2.70. The van der Waals surface area contributed by atoms with Crippen LogP contribution in [0.2, 0.25) is 0 Å². The van der Waals surface area contributed by atoms with E-state index >= 15 is 0 Å². The highest BCUT2D eigenvalue weighted by Gasteiger charge is 2.32. The van der Waals surface area contributed by atoms with Gasteiger partial charge in [0.1, 0.15) is 5.60 Å². The first-order valence-corrected chi connectivity index (χ1v) is 12.1. The number of amides is 1. The molecule has 0 radical (unpaired) electrons. The van der Waals surface area contributed by atoms with Crippen LogP contribution in [-0.4, -0.2) is 47.8 Å². The number of anilines is 2. The van der Waals surface area contributed by atoms with E-state index in [0.717, 1.165) is 16.9 Å². The Morgan fingerprint density at radius 3 is 2.35 bits per heavy atom. The van der Waals surface area contributed by atoms with Gasteiger partial charge < -0.3 is 15.0 Å². The Balaban J connectivity index is 1.74. The van der Waals surface area contributed by atoms with Crippen LogP contribution >= 0.6 is 0 Å². The molecular weight excluding hydrogens is 416 g/mol. The molecule has 31 heavy (non-hydrogen) atoms. The molecule has 0 saturated carbocycles. The van der Waals surface area contributed by atoms with Crippen molar-refractivity contribution in [3.8, 4) is 0 Å². The smallest absolute Gasteiger partial charge is 0.410 e. The van der Waals surface area contributed by atoms with Crippen LogP contribution in [0.15, 0.2) is 30.5 Å². The largest absolute Gasteiger partial charge is 0.444 e. The molecule has 1 amide bonds. The van der Waals surface area contributed by atoms with Gasteiger partial charge in [0.05, 0.1) is 17.0 Å². The summed E-state index contributed by atoms with van der Waals surface area (Å²) in [5.74, 6) is 0.417. The van der Waals surface area contributed by atoms with Crippen LogP contribution in [0.4, 0.5) is 16.4 Å². The number of hydrogen-bond acceptors (Lipinski definition) is 7. The zero-order valence-electron chi connectivity index (χ0n) is 18.9. The number of rotatable bonds is 4. The third-order valence-electron chi connectivity index (χ3n) is 5.36. The third kappa shape index (κ3) is 5.33. The number of nitrogens with zero attached hydrogens (tertiary/aromatic N) is 3. The van der Waals surface area contributed by atoms with Gasteiger partial charge in [-0.1, -0.05) is 12.1 Å². The molecule has 1 aliphatic heterocycles. The lowest BCUT2D eigenvalue weighted by molar-refractivity contribution is 0.0220. The molecule has 8 nitrogen and oxygen atoms in total. The van der Waals surface area contributed by atoms with Crippen LogP contribution in [0.3, 0.4) is 0 Å². The van der Waals surface area contributed by atoms with Gasteiger partial charge in [0.15, 0.2) is 9.84 Å². The van der Waals surface area contributed by atoms with Gasteiger partial charge in [0, 0.05) is 24.7 Å². The fourth-order valence-electron chi connectivity index (χ4n) is 3.14. The van der Waals surface area contributed by atoms with E-state index in [2.05, 4.69) is 15.3 Å². The number of carbonyl (C=O) groups is 1. The van der Waals surface area contributed by atoms with Crippen LogP contribution in [0.5, 0.6) is 0 Å². The van der Waals surface area contributed by atoms with Gasteiger partial charge >= 0.3 is 6.09 Å². The van der Waals surface area contributed by atoms with E-state index in [4.69, 9.17) is 4.74 Å². The lowest BCUT2D eigenvalue weighted by Crippen LogP contribution is -2.40. The number of aromatic nitrogens is 2. The minimum absolute atomic E-state index is 0.352. The van der Waals surface area contributed by atoms with Crippen molar-refractivity contribution < 1.29 is 17.9 Å². The van der Waals surface area contributed by atoms with Crippen LogP contribution in [0.1, 0.15) is 51.4 Å². The first-order chi connectivity index (χ1) is 14.3. The highest BCUT2D eigenvalue weighted by Crippen LogP contribution is 2.30. The molecule has 9 heteroatoms. The van der Waals surface area contributed by atoms with Crippen molar-refractivity contribution in [2.45, 2.75) is 57.9 Å². The van der Waals surface area contributed by atoms with Gasteiger partial charge in [-0.3, -0.25) is 0 Å². The molecule has 0 bridgehead atoms. The van der Waals surface area contributed by atoms with Crippen LogP contribution in [-0.2, 0) is 32.3 Å². The second-order valence-corrected chi connectivity index (χ2v) is 11.9. The monoisotopic (exact) mass is 446 g/mol. The molecule has 0 fully saturated rings. The minimum Gasteiger partial charge on any atom is -0.444 e. The summed E-state index contributed by atoms with van der Waals surface area (Å²) in [7, 11) is -3.25. The molecule has 2 aromatic rings. The van der Waals surface area contributed by atoms with Crippen LogP contribution < -0.4 is 5.32 Å². The van der Waals surface area contributed by atoms with Gasteiger partial charge in [-0.25, -0.2) is 23.2 Å². The molecule has 0 saturated heterocycles. The number of ether oxygens (including phenoxy) is 1. The molecule has 168 valence electrons. The molecule has 0 spiro atoms. The predicted octanol–water partition coefficient (Wildman–Crippen LogP) is 3.79. The highest BCUT2D eigenvalue weighted by molar-refractivity contribution is 7.91.